The van der Waals surface area contributed by atoms with Gasteiger partial charge in [-0.3, -0.25) is 0 Å². The molecular weight excluding hydrogens is 231 g/mol. The van der Waals surface area contributed by atoms with Crippen LogP contribution in [0.15, 0.2) is 18.2 Å². The molecule has 1 fully saturated rings. The first-order valence-electron chi connectivity index (χ1n) is 6.52. The molecule has 0 spiro atoms. The Bertz CT molecular complexity index is 389. The zero-order valence-electron chi connectivity index (χ0n) is 11.1. The van der Waals surface area contributed by atoms with Gasteiger partial charge in [0.25, 0.3) is 0 Å². The number of benzene rings is 1. The predicted octanol–water partition coefficient (Wildman–Crippen LogP) is 2.16. The SMILES string of the molecule is CC(C)NCc1cccc(F)c1N1CCOCC1. The van der Waals surface area contributed by atoms with Gasteiger partial charge in [0.1, 0.15) is 5.82 Å². The first-order chi connectivity index (χ1) is 8.68. The van der Waals surface area contributed by atoms with E-state index in [-0.39, 0.29) is 5.82 Å². The van der Waals surface area contributed by atoms with Crippen molar-refractivity contribution in [3.05, 3.63) is 29.6 Å². The van der Waals surface area contributed by atoms with Gasteiger partial charge in [0.15, 0.2) is 0 Å². The summed E-state index contributed by atoms with van der Waals surface area (Å²) >= 11 is 0. The van der Waals surface area contributed by atoms with E-state index < -0.39 is 0 Å². The summed E-state index contributed by atoms with van der Waals surface area (Å²) in [6.07, 6.45) is 0. The quantitative estimate of drug-likeness (QED) is 0.888. The van der Waals surface area contributed by atoms with Crippen molar-refractivity contribution in [2.24, 2.45) is 0 Å². The van der Waals surface area contributed by atoms with Crippen molar-refractivity contribution in [3.8, 4) is 0 Å². The van der Waals surface area contributed by atoms with Gasteiger partial charge in [-0.2, -0.15) is 0 Å². The number of rotatable bonds is 4. The van der Waals surface area contributed by atoms with Crippen molar-refractivity contribution in [3.63, 3.8) is 0 Å². The van der Waals surface area contributed by atoms with Crippen LogP contribution >= 0.6 is 0 Å². The molecule has 1 aliphatic heterocycles. The third-order valence-corrected chi connectivity index (χ3v) is 3.10. The van der Waals surface area contributed by atoms with Gasteiger partial charge in [0.05, 0.1) is 18.9 Å². The Labute approximate surface area is 108 Å². The smallest absolute Gasteiger partial charge is 0.146 e. The Hall–Kier alpha value is -1.13. The van der Waals surface area contributed by atoms with Crippen LogP contribution in [0.1, 0.15) is 19.4 Å². The molecule has 1 aromatic carbocycles. The molecule has 2 rings (SSSR count). The predicted molar refractivity (Wildman–Crippen MR) is 71.4 cm³/mol. The fourth-order valence-corrected chi connectivity index (χ4v) is 2.16. The fourth-order valence-electron chi connectivity index (χ4n) is 2.16. The lowest BCUT2D eigenvalue weighted by atomic mass is 10.1. The number of morpholine rings is 1. The minimum atomic E-state index is -0.139. The van der Waals surface area contributed by atoms with Crippen LogP contribution in [-0.4, -0.2) is 32.3 Å². The number of nitrogens with zero attached hydrogens (tertiary/aromatic N) is 1. The molecule has 0 aromatic heterocycles. The maximum Gasteiger partial charge on any atom is 0.146 e. The van der Waals surface area contributed by atoms with Crippen LogP contribution in [0.5, 0.6) is 0 Å². The molecule has 1 heterocycles. The van der Waals surface area contributed by atoms with Gasteiger partial charge in [-0.05, 0) is 11.6 Å². The van der Waals surface area contributed by atoms with Crippen molar-refractivity contribution < 1.29 is 9.13 Å². The maximum atomic E-state index is 14.0. The van der Waals surface area contributed by atoms with Crippen molar-refractivity contribution >= 4 is 5.69 Å². The molecule has 0 saturated carbocycles. The third-order valence-electron chi connectivity index (χ3n) is 3.10. The maximum absolute atomic E-state index is 14.0. The normalized spacial score (nSPS) is 16.3. The van der Waals surface area contributed by atoms with E-state index in [9.17, 15) is 4.39 Å². The number of halogens is 1. The van der Waals surface area contributed by atoms with E-state index in [2.05, 4.69) is 24.1 Å². The van der Waals surface area contributed by atoms with E-state index in [1.165, 1.54) is 6.07 Å². The highest BCUT2D eigenvalue weighted by atomic mass is 19.1. The summed E-state index contributed by atoms with van der Waals surface area (Å²) in [6.45, 7) is 7.74. The van der Waals surface area contributed by atoms with Gasteiger partial charge in [-0.1, -0.05) is 26.0 Å². The van der Waals surface area contributed by atoms with Crippen LogP contribution in [0, 0.1) is 5.82 Å². The lowest BCUT2D eigenvalue weighted by molar-refractivity contribution is 0.122. The Balaban J connectivity index is 2.19. The lowest BCUT2D eigenvalue weighted by Crippen LogP contribution is -2.38. The van der Waals surface area contributed by atoms with E-state index in [4.69, 9.17) is 4.74 Å². The van der Waals surface area contributed by atoms with Crippen LogP contribution in [0.25, 0.3) is 0 Å². The van der Waals surface area contributed by atoms with Crippen LogP contribution in [0.3, 0.4) is 0 Å². The molecule has 100 valence electrons. The van der Waals surface area contributed by atoms with E-state index in [0.29, 0.717) is 25.8 Å². The average molecular weight is 252 g/mol. The number of hydrogen-bond donors (Lipinski definition) is 1. The highest BCUT2D eigenvalue weighted by Gasteiger charge is 2.18. The van der Waals surface area contributed by atoms with Crippen LogP contribution in [0.4, 0.5) is 10.1 Å². The first-order valence-corrected chi connectivity index (χ1v) is 6.52. The zero-order valence-corrected chi connectivity index (χ0v) is 11.1. The molecule has 0 bridgehead atoms. The molecule has 3 nitrogen and oxygen atoms in total. The Morgan fingerprint density at radius 3 is 2.72 bits per heavy atom. The molecule has 0 unspecified atom stereocenters. The summed E-state index contributed by atoms with van der Waals surface area (Å²) in [5.41, 5.74) is 1.75. The molecule has 1 aliphatic rings. The fraction of sp³-hybridized carbons (Fsp3) is 0.571. The highest BCUT2D eigenvalue weighted by Crippen LogP contribution is 2.25. The van der Waals surface area contributed by atoms with Gasteiger partial charge < -0.3 is 15.0 Å². The van der Waals surface area contributed by atoms with Gasteiger partial charge in [-0.15, -0.1) is 0 Å². The van der Waals surface area contributed by atoms with Crippen molar-refractivity contribution in [2.75, 3.05) is 31.2 Å². The second kappa shape index (κ2) is 6.16. The molecule has 1 saturated heterocycles. The molecule has 0 atom stereocenters. The lowest BCUT2D eigenvalue weighted by Gasteiger charge is -2.31. The summed E-state index contributed by atoms with van der Waals surface area (Å²) in [4.78, 5) is 2.08. The Morgan fingerprint density at radius 1 is 1.33 bits per heavy atom. The summed E-state index contributed by atoms with van der Waals surface area (Å²) in [5.74, 6) is -0.139. The van der Waals surface area contributed by atoms with E-state index in [1.807, 2.05) is 6.07 Å². The molecule has 0 amide bonds. The Kier molecular flexibility index (Phi) is 4.55. The molecule has 4 heteroatoms. The minimum Gasteiger partial charge on any atom is -0.378 e. The van der Waals surface area contributed by atoms with Crippen molar-refractivity contribution in [1.82, 2.24) is 5.32 Å². The highest BCUT2D eigenvalue weighted by molar-refractivity contribution is 5.55. The van der Waals surface area contributed by atoms with Gasteiger partial charge in [0, 0.05) is 25.7 Å². The first kappa shape index (κ1) is 13.3. The van der Waals surface area contributed by atoms with Gasteiger partial charge in [0.2, 0.25) is 0 Å². The van der Waals surface area contributed by atoms with Crippen LogP contribution in [0.2, 0.25) is 0 Å². The molecular formula is C14H21FN2O. The number of para-hydroxylation sites is 1. The molecule has 1 aromatic rings. The molecule has 1 N–H and O–H groups in total. The van der Waals surface area contributed by atoms with Gasteiger partial charge in [-0.25, -0.2) is 4.39 Å². The monoisotopic (exact) mass is 252 g/mol. The topological polar surface area (TPSA) is 24.5 Å². The van der Waals surface area contributed by atoms with Crippen LogP contribution < -0.4 is 10.2 Å². The number of hydrogen-bond acceptors (Lipinski definition) is 3. The van der Waals surface area contributed by atoms with Crippen LogP contribution in [-0.2, 0) is 11.3 Å². The van der Waals surface area contributed by atoms with Crippen molar-refractivity contribution in [1.29, 1.82) is 0 Å². The number of ether oxygens (including phenoxy) is 1. The molecule has 0 aliphatic carbocycles. The van der Waals surface area contributed by atoms with E-state index >= 15 is 0 Å². The Morgan fingerprint density at radius 2 is 2.06 bits per heavy atom. The van der Waals surface area contributed by atoms with E-state index in [0.717, 1.165) is 24.3 Å². The molecule has 0 radical (unpaired) electrons. The summed E-state index contributed by atoms with van der Waals surface area (Å²) in [7, 11) is 0. The minimum absolute atomic E-state index is 0.139. The average Bonchev–Trinajstić information content (AvgIpc) is 2.37. The van der Waals surface area contributed by atoms with Gasteiger partial charge >= 0.3 is 0 Å². The standard InChI is InChI=1S/C14H21FN2O/c1-11(2)16-10-12-4-3-5-13(15)14(12)17-6-8-18-9-7-17/h3-5,11,16H,6-10H2,1-2H3. The zero-order chi connectivity index (χ0) is 13.0. The second-order valence-electron chi connectivity index (χ2n) is 4.88. The third kappa shape index (κ3) is 3.21. The van der Waals surface area contributed by atoms with Crippen molar-refractivity contribution in [2.45, 2.75) is 26.4 Å². The summed E-state index contributed by atoms with van der Waals surface area (Å²) in [6, 6.07) is 5.69. The molecule has 18 heavy (non-hydrogen) atoms. The second-order valence-corrected chi connectivity index (χ2v) is 4.88. The number of anilines is 1. The summed E-state index contributed by atoms with van der Waals surface area (Å²) in [5, 5.41) is 3.34. The summed E-state index contributed by atoms with van der Waals surface area (Å²) < 4.78 is 19.4. The largest absolute Gasteiger partial charge is 0.378 e. The van der Waals surface area contributed by atoms with E-state index in [1.54, 1.807) is 6.07 Å². The number of nitrogens with one attached hydrogen (secondary N) is 1.